The minimum Gasteiger partial charge on any atom is -0.505 e. The molecule has 0 bridgehead atoms. The van der Waals surface area contributed by atoms with E-state index in [1.165, 1.54) is 30.3 Å². The molecule has 0 aromatic heterocycles. The van der Waals surface area contributed by atoms with E-state index in [0.717, 1.165) is 36.8 Å². The van der Waals surface area contributed by atoms with Crippen LogP contribution in [0.2, 0.25) is 0 Å². The number of phenols is 1. The van der Waals surface area contributed by atoms with Gasteiger partial charge in [0.05, 0.1) is 21.8 Å². The lowest BCUT2D eigenvalue weighted by molar-refractivity contribution is -0.384. The van der Waals surface area contributed by atoms with Crippen molar-refractivity contribution in [3.63, 3.8) is 0 Å². The zero-order valence-corrected chi connectivity index (χ0v) is 34.6. The Labute approximate surface area is 372 Å². The van der Waals surface area contributed by atoms with Gasteiger partial charge in [-0.05, 0) is 78.6 Å². The molecule has 5 aromatic carbocycles. The van der Waals surface area contributed by atoms with E-state index in [1.54, 1.807) is 36.4 Å². The number of benzene rings is 6. The number of unbranched alkanes of at least 4 members (excludes halogenated alkanes) is 3. The summed E-state index contributed by atoms with van der Waals surface area (Å²) in [6.45, 7) is 0.656. The highest BCUT2D eigenvalue weighted by atomic mass is 19.1. The topological polar surface area (TPSA) is 230 Å². The predicted molar refractivity (Wildman–Crippen MR) is 241 cm³/mol. The van der Waals surface area contributed by atoms with Crippen molar-refractivity contribution in [1.29, 1.82) is 0 Å². The van der Waals surface area contributed by atoms with Gasteiger partial charge in [-0.3, -0.25) is 29.3 Å². The van der Waals surface area contributed by atoms with Gasteiger partial charge >= 0.3 is 5.97 Å². The summed E-state index contributed by atoms with van der Waals surface area (Å²) < 4.78 is 34.8. The average Bonchev–Trinajstić information content (AvgIpc) is 3.64. The smallest absolute Gasteiger partial charge is 0.336 e. The molecule has 332 valence electrons. The van der Waals surface area contributed by atoms with Crippen LogP contribution in [0.5, 0.6) is 5.75 Å². The van der Waals surface area contributed by atoms with E-state index >= 15 is 0 Å². The van der Waals surface area contributed by atoms with Gasteiger partial charge in [0.15, 0.2) is 17.4 Å². The average molecular weight is 894 g/mol. The van der Waals surface area contributed by atoms with E-state index in [4.69, 9.17) is 4.42 Å². The summed E-state index contributed by atoms with van der Waals surface area (Å²) in [5, 5.41) is 43.4. The SMILES string of the molecule is O=C1Nc2ccc([N+](=O)[O-])cc2/C1=C(/Nc1ccc(C(=O)NCCCCCCNC(=O)c2ccc(-c3c4cc(F)c(=O)cc-4oc4cc(O)c(F)cc34)c(C(=O)O)c2)cc1)c1ccccc1. The van der Waals surface area contributed by atoms with Crippen LogP contribution in [0.3, 0.4) is 0 Å². The van der Waals surface area contributed by atoms with Crippen LogP contribution in [0.15, 0.2) is 124 Å². The van der Waals surface area contributed by atoms with Crippen molar-refractivity contribution in [3.8, 4) is 28.2 Å². The Kier molecular flexibility index (Phi) is 12.3. The molecule has 0 fully saturated rings. The number of nitro benzene ring substituents is 1. The number of carboxylic acid groups (broad SMARTS) is 1. The van der Waals surface area contributed by atoms with Crippen molar-refractivity contribution in [2.75, 3.05) is 23.7 Å². The summed E-state index contributed by atoms with van der Waals surface area (Å²) in [5.74, 6) is -5.79. The molecule has 0 unspecified atom stereocenters. The number of carbonyl (C=O) groups excluding carboxylic acids is 3. The Morgan fingerprint density at radius 3 is 2.08 bits per heavy atom. The normalized spacial score (nSPS) is 12.7. The van der Waals surface area contributed by atoms with Gasteiger partial charge in [-0.15, -0.1) is 0 Å². The molecule has 6 N–H and O–H groups in total. The van der Waals surface area contributed by atoms with Crippen molar-refractivity contribution in [1.82, 2.24) is 10.6 Å². The van der Waals surface area contributed by atoms with Crippen LogP contribution in [0.1, 0.15) is 67.9 Å². The van der Waals surface area contributed by atoms with E-state index in [2.05, 4.69) is 21.3 Å². The first-order valence-corrected chi connectivity index (χ1v) is 20.6. The van der Waals surface area contributed by atoms with Crippen molar-refractivity contribution in [2.45, 2.75) is 25.7 Å². The Hall–Kier alpha value is -8.73. The zero-order chi connectivity index (χ0) is 46.6. The molecule has 66 heavy (non-hydrogen) atoms. The van der Waals surface area contributed by atoms with Gasteiger partial charge in [-0.2, -0.15) is 0 Å². The van der Waals surface area contributed by atoms with Crippen molar-refractivity contribution in [2.24, 2.45) is 0 Å². The predicted octanol–water partition coefficient (Wildman–Crippen LogP) is 8.81. The van der Waals surface area contributed by atoms with Crippen molar-refractivity contribution >= 4 is 63.0 Å². The van der Waals surface area contributed by atoms with Gasteiger partial charge in [0.2, 0.25) is 5.43 Å². The van der Waals surface area contributed by atoms with Crippen LogP contribution in [0.4, 0.5) is 25.8 Å². The number of halogens is 2. The minimum absolute atomic E-state index is 0.00587. The molecule has 17 heteroatoms. The van der Waals surface area contributed by atoms with Crippen molar-refractivity contribution < 1.29 is 47.5 Å². The van der Waals surface area contributed by atoms with Crippen LogP contribution < -0.4 is 26.7 Å². The van der Waals surface area contributed by atoms with E-state index in [0.29, 0.717) is 59.6 Å². The molecule has 0 radical (unpaired) electrons. The molecular weight excluding hydrogens is 857 g/mol. The maximum atomic E-state index is 14.6. The summed E-state index contributed by atoms with van der Waals surface area (Å²) in [5.41, 5.74) is 1.53. The number of hydrogen-bond donors (Lipinski definition) is 6. The highest BCUT2D eigenvalue weighted by Gasteiger charge is 2.31. The number of aromatic hydroxyl groups is 1. The van der Waals surface area contributed by atoms with Gasteiger partial charge in [0.25, 0.3) is 23.4 Å². The third-order valence-electron chi connectivity index (χ3n) is 11.0. The maximum Gasteiger partial charge on any atom is 0.336 e. The van der Waals surface area contributed by atoms with Gasteiger partial charge in [-0.25, -0.2) is 13.6 Å². The molecule has 3 amide bonds. The highest BCUT2D eigenvalue weighted by Crippen LogP contribution is 2.43. The molecule has 0 saturated carbocycles. The van der Waals surface area contributed by atoms with Gasteiger partial charge in [-0.1, -0.05) is 49.2 Å². The Balaban J connectivity index is 0.845. The molecule has 15 nitrogen and oxygen atoms in total. The first kappa shape index (κ1) is 43.9. The standard InChI is InChI=1S/C49H37F2N5O10/c50-36-22-34-41(24-39(36)57)66-42-25-40(58)37(51)23-35(42)43(34)31-16-12-28(20-32(31)49(62)63)47(60)53-19-7-2-1-6-18-52-46(59)27-10-13-29(14-11-27)54-45(26-8-4-3-5-9-26)44-33-21-30(56(64)65)15-17-38(33)55-48(44)61/h3-5,8-17,20-25,54,57H,1-2,6-7,18-19H2,(H,52,59)(H,53,60)(H,55,61)(H,62,63)/b45-44-. The number of hydrogen-bond acceptors (Lipinski definition) is 10. The largest absolute Gasteiger partial charge is 0.505 e. The monoisotopic (exact) mass is 893 g/mol. The van der Waals surface area contributed by atoms with Crippen LogP contribution in [-0.2, 0) is 4.79 Å². The molecule has 1 aliphatic carbocycles. The van der Waals surface area contributed by atoms with Crippen LogP contribution in [-0.4, -0.2) is 51.9 Å². The Morgan fingerprint density at radius 2 is 1.39 bits per heavy atom. The van der Waals surface area contributed by atoms with Crippen LogP contribution in [0, 0.1) is 21.7 Å². The third kappa shape index (κ3) is 9.03. The molecule has 0 saturated heterocycles. The van der Waals surface area contributed by atoms with E-state index < -0.39 is 45.5 Å². The Bertz CT molecular complexity index is 3170. The number of rotatable bonds is 15. The minimum atomic E-state index is -1.44. The maximum absolute atomic E-state index is 14.6. The van der Waals surface area contributed by atoms with Gasteiger partial charge in [0.1, 0.15) is 11.3 Å². The molecule has 5 aromatic rings. The molecule has 8 rings (SSSR count). The second kappa shape index (κ2) is 18.5. The number of non-ortho nitro benzene ring substituents is 1. The summed E-state index contributed by atoms with van der Waals surface area (Å²) >= 11 is 0. The molecule has 0 atom stereocenters. The fraction of sp³-hybridized carbons (Fsp3) is 0.122. The number of nitro groups is 1. The third-order valence-corrected chi connectivity index (χ3v) is 11.0. The number of carbonyl (C=O) groups is 4. The fourth-order valence-corrected chi connectivity index (χ4v) is 7.73. The number of nitrogens with one attached hydrogen (secondary N) is 4. The number of carboxylic acids is 1. The van der Waals surface area contributed by atoms with Crippen LogP contribution in [0.25, 0.3) is 44.7 Å². The molecule has 0 spiro atoms. The summed E-state index contributed by atoms with van der Waals surface area (Å²) in [6.07, 6.45) is 2.67. The number of phenolic OH excluding ortho intramolecular Hbond substituents is 1. The lowest BCUT2D eigenvalue weighted by Gasteiger charge is -2.17. The first-order chi connectivity index (χ1) is 31.8. The number of anilines is 2. The van der Waals surface area contributed by atoms with Gasteiger partial charge < -0.3 is 35.9 Å². The lowest BCUT2D eigenvalue weighted by atomic mass is 9.89. The number of fused-ring (bicyclic) bond motifs is 3. The van der Waals surface area contributed by atoms with E-state index in [9.17, 15) is 53.1 Å². The number of nitrogens with zero attached hydrogens (tertiary/aromatic N) is 1. The van der Waals surface area contributed by atoms with Crippen molar-refractivity contribution in [3.05, 3.63) is 175 Å². The molecule has 2 heterocycles. The second-order valence-electron chi connectivity index (χ2n) is 15.3. The molecule has 3 aliphatic rings. The highest BCUT2D eigenvalue weighted by molar-refractivity contribution is 6.37. The van der Waals surface area contributed by atoms with Gasteiger partial charge in [0, 0.05) is 81.9 Å². The zero-order valence-electron chi connectivity index (χ0n) is 34.6. The Morgan fingerprint density at radius 1 is 0.712 bits per heavy atom. The first-order valence-electron chi connectivity index (χ1n) is 20.6. The number of amides is 3. The van der Waals surface area contributed by atoms with Crippen LogP contribution >= 0.6 is 0 Å². The quantitative estimate of drug-likeness (QED) is 0.0187. The lowest BCUT2D eigenvalue weighted by Crippen LogP contribution is -2.25. The summed E-state index contributed by atoms with van der Waals surface area (Å²) in [4.78, 5) is 74.9. The molecule has 2 aliphatic heterocycles. The fourth-order valence-electron chi connectivity index (χ4n) is 7.73. The summed E-state index contributed by atoms with van der Waals surface area (Å²) in [6, 6.07) is 27.3. The second-order valence-corrected chi connectivity index (χ2v) is 15.3. The van der Waals surface area contributed by atoms with E-state index in [-0.39, 0.29) is 68.3 Å². The number of aromatic carboxylic acids is 1. The summed E-state index contributed by atoms with van der Waals surface area (Å²) in [7, 11) is 0. The van der Waals surface area contributed by atoms with E-state index in [1.807, 2.05) is 18.2 Å². The molecular formula is C49H37F2N5O10.